The van der Waals surface area contributed by atoms with Crippen molar-refractivity contribution in [3.8, 4) is 5.75 Å². The maximum absolute atomic E-state index is 12.5. The summed E-state index contributed by atoms with van der Waals surface area (Å²) in [5.74, 6) is 0.707. The van der Waals surface area contributed by atoms with Gasteiger partial charge in [0.15, 0.2) is 0 Å². The van der Waals surface area contributed by atoms with Crippen LogP contribution in [0, 0.1) is 0 Å². The number of thioether (sulfide) groups is 1. The number of carbonyl (C=O) groups is 1. The molecule has 0 amide bonds. The van der Waals surface area contributed by atoms with Gasteiger partial charge in [-0.25, -0.2) is 0 Å². The molecule has 0 aliphatic heterocycles. The minimum absolute atomic E-state index is 0.157. The molecule has 134 valence electrons. The third-order valence-corrected chi connectivity index (χ3v) is 5.06. The predicted molar refractivity (Wildman–Crippen MR) is 109 cm³/mol. The first-order valence-electron chi connectivity index (χ1n) is 8.27. The minimum atomic E-state index is -1.96. The van der Waals surface area contributed by atoms with E-state index in [4.69, 9.17) is 4.43 Å². The summed E-state index contributed by atoms with van der Waals surface area (Å²) >= 11 is 1.67. The van der Waals surface area contributed by atoms with Crippen LogP contribution in [-0.4, -0.2) is 43.7 Å². The van der Waals surface area contributed by atoms with Gasteiger partial charge in [0.25, 0.3) is 0 Å². The van der Waals surface area contributed by atoms with Crippen molar-refractivity contribution in [1.29, 1.82) is 0 Å². The summed E-state index contributed by atoms with van der Waals surface area (Å²) in [6.07, 6.45) is 4.22. The number of nitrogens with zero attached hydrogens (tertiary/aromatic N) is 1. The van der Waals surface area contributed by atoms with Gasteiger partial charge in [-0.05, 0) is 54.9 Å². The average molecular weight is 376 g/mol. The molecule has 2 aromatic rings. The standard InChI is InChI=1S/C19H25NO3SSi/c1-24-12-11-17(19(22)23-25(2,3)4)20-13-16-15-8-6-5-7-14(15)9-10-18(16)21/h5-10,13,17,21H,11-12H2,1-4H3/t17-/m0/s1. The lowest BCUT2D eigenvalue weighted by molar-refractivity contribution is -0.136. The molecule has 1 N–H and O–H groups in total. The van der Waals surface area contributed by atoms with Gasteiger partial charge < -0.3 is 9.53 Å². The van der Waals surface area contributed by atoms with Crippen molar-refractivity contribution in [3.63, 3.8) is 0 Å². The molecular weight excluding hydrogens is 350 g/mol. The van der Waals surface area contributed by atoms with Crippen LogP contribution in [-0.2, 0) is 9.22 Å². The third kappa shape index (κ3) is 5.61. The quantitative estimate of drug-likeness (QED) is 0.573. The van der Waals surface area contributed by atoms with E-state index in [9.17, 15) is 9.90 Å². The van der Waals surface area contributed by atoms with Gasteiger partial charge in [0, 0.05) is 11.8 Å². The first-order valence-corrected chi connectivity index (χ1v) is 13.1. The largest absolute Gasteiger partial charge is 0.518 e. The maximum atomic E-state index is 12.5. The molecular formula is C19H25NO3SSi. The Morgan fingerprint density at radius 3 is 2.68 bits per heavy atom. The normalized spacial score (nSPS) is 13.3. The van der Waals surface area contributed by atoms with Crippen LogP contribution < -0.4 is 0 Å². The van der Waals surface area contributed by atoms with Crippen molar-refractivity contribution < 1.29 is 14.3 Å². The van der Waals surface area contributed by atoms with Gasteiger partial charge in [0.05, 0.1) is 0 Å². The molecule has 0 bridgehead atoms. The predicted octanol–water partition coefficient (Wildman–Crippen LogP) is 4.46. The Labute approximate surface area is 154 Å². The van der Waals surface area contributed by atoms with Gasteiger partial charge >= 0.3 is 5.97 Å². The first-order chi connectivity index (χ1) is 11.8. The fraction of sp³-hybridized carbons (Fsp3) is 0.368. The Morgan fingerprint density at radius 1 is 1.28 bits per heavy atom. The Kier molecular flexibility index (Phi) is 6.67. The van der Waals surface area contributed by atoms with Crippen molar-refractivity contribution in [3.05, 3.63) is 42.0 Å². The number of phenols is 1. The number of carbonyl (C=O) groups excluding carboxylic acids is 1. The molecule has 0 saturated heterocycles. The van der Waals surface area contributed by atoms with E-state index in [1.165, 1.54) is 0 Å². The second-order valence-electron chi connectivity index (χ2n) is 6.83. The lowest BCUT2D eigenvalue weighted by Crippen LogP contribution is -2.34. The summed E-state index contributed by atoms with van der Waals surface area (Å²) in [6.45, 7) is 5.95. The summed E-state index contributed by atoms with van der Waals surface area (Å²) in [6, 6.07) is 10.8. The second kappa shape index (κ2) is 8.54. The molecule has 0 unspecified atom stereocenters. The molecule has 2 rings (SSSR count). The van der Waals surface area contributed by atoms with Gasteiger partial charge in [0.2, 0.25) is 8.32 Å². The zero-order chi connectivity index (χ0) is 18.4. The molecule has 0 spiro atoms. The summed E-state index contributed by atoms with van der Waals surface area (Å²) in [7, 11) is -1.96. The van der Waals surface area contributed by atoms with Crippen LogP contribution in [0.5, 0.6) is 5.75 Å². The van der Waals surface area contributed by atoms with E-state index in [0.29, 0.717) is 12.0 Å². The number of hydrogen-bond acceptors (Lipinski definition) is 5. The number of phenolic OH excluding ortho intramolecular Hbond substituents is 1. The highest BCUT2D eigenvalue weighted by molar-refractivity contribution is 7.98. The van der Waals surface area contributed by atoms with Crippen LogP contribution in [0.2, 0.25) is 19.6 Å². The van der Waals surface area contributed by atoms with Gasteiger partial charge in [-0.3, -0.25) is 9.79 Å². The molecule has 0 heterocycles. The average Bonchev–Trinajstić information content (AvgIpc) is 2.54. The Bertz CT molecular complexity index is 771. The molecule has 0 radical (unpaired) electrons. The molecule has 1 atom stereocenters. The van der Waals surface area contributed by atoms with Crippen LogP contribution in [0.15, 0.2) is 41.4 Å². The number of hydrogen-bond donors (Lipinski definition) is 1. The number of rotatable bonds is 7. The first kappa shape index (κ1) is 19.5. The third-order valence-electron chi connectivity index (χ3n) is 3.61. The van der Waals surface area contributed by atoms with Crippen molar-refractivity contribution in [2.45, 2.75) is 32.1 Å². The summed E-state index contributed by atoms with van der Waals surface area (Å²) < 4.78 is 5.62. The van der Waals surface area contributed by atoms with Gasteiger partial charge in [-0.15, -0.1) is 0 Å². The zero-order valence-electron chi connectivity index (χ0n) is 15.2. The van der Waals surface area contributed by atoms with E-state index in [2.05, 4.69) is 4.99 Å². The molecule has 0 fully saturated rings. The summed E-state index contributed by atoms with van der Waals surface area (Å²) in [4.78, 5) is 16.9. The molecule has 4 nitrogen and oxygen atoms in total. The fourth-order valence-electron chi connectivity index (χ4n) is 2.44. The van der Waals surface area contributed by atoms with E-state index < -0.39 is 14.4 Å². The Hall–Kier alpha value is -1.79. The van der Waals surface area contributed by atoms with Crippen molar-refractivity contribution in [1.82, 2.24) is 0 Å². The van der Waals surface area contributed by atoms with Crippen molar-refractivity contribution in [2.24, 2.45) is 4.99 Å². The van der Waals surface area contributed by atoms with E-state index in [0.717, 1.165) is 16.5 Å². The number of aromatic hydroxyl groups is 1. The molecule has 0 saturated carbocycles. The van der Waals surface area contributed by atoms with E-state index in [1.54, 1.807) is 24.0 Å². The van der Waals surface area contributed by atoms with Gasteiger partial charge in [-0.1, -0.05) is 30.3 Å². The monoisotopic (exact) mass is 375 g/mol. The molecule has 0 aromatic heterocycles. The number of benzene rings is 2. The summed E-state index contributed by atoms with van der Waals surface area (Å²) in [5.41, 5.74) is 0.632. The van der Waals surface area contributed by atoms with E-state index in [1.807, 2.05) is 56.2 Å². The SMILES string of the molecule is CSCC[C@H](N=Cc1c(O)ccc2ccccc12)C(=O)O[Si](C)(C)C. The van der Waals surface area contributed by atoms with E-state index >= 15 is 0 Å². The second-order valence-corrected chi connectivity index (χ2v) is 12.2. The van der Waals surface area contributed by atoms with Crippen LogP contribution in [0.1, 0.15) is 12.0 Å². The van der Waals surface area contributed by atoms with Crippen molar-refractivity contribution in [2.75, 3.05) is 12.0 Å². The van der Waals surface area contributed by atoms with Crippen molar-refractivity contribution >= 4 is 43.0 Å². The molecule has 0 aliphatic carbocycles. The number of fused-ring (bicyclic) bond motifs is 1. The maximum Gasteiger partial charge on any atom is 0.317 e. The Balaban J connectivity index is 2.32. The lowest BCUT2D eigenvalue weighted by Gasteiger charge is -2.20. The fourth-order valence-corrected chi connectivity index (χ4v) is 3.64. The smallest absolute Gasteiger partial charge is 0.317 e. The highest BCUT2D eigenvalue weighted by atomic mass is 32.2. The van der Waals surface area contributed by atoms with Crippen LogP contribution in [0.4, 0.5) is 0 Å². The van der Waals surface area contributed by atoms with E-state index in [-0.39, 0.29) is 11.7 Å². The highest BCUT2D eigenvalue weighted by Gasteiger charge is 2.25. The minimum Gasteiger partial charge on any atom is -0.518 e. The van der Waals surface area contributed by atoms with Gasteiger partial charge in [-0.2, -0.15) is 11.8 Å². The summed E-state index contributed by atoms with van der Waals surface area (Å²) in [5, 5.41) is 12.1. The number of aliphatic imine (C=N–C) groups is 1. The van der Waals surface area contributed by atoms with Gasteiger partial charge in [0.1, 0.15) is 11.8 Å². The molecule has 6 heteroatoms. The van der Waals surface area contributed by atoms with Crippen LogP contribution in [0.3, 0.4) is 0 Å². The highest BCUT2D eigenvalue weighted by Crippen LogP contribution is 2.25. The van der Waals surface area contributed by atoms with Crippen LogP contribution >= 0.6 is 11.8 Å². The Morgan fingerprint density at radius 2 is 2.00 bits per heavy atom. The lowest BCUT2D eigenvalue weighted by atomic mass is 10.0. The molecule has 25 heavy (non-hydrogen) atoms. The zero-order valence-corrected chi connectivity index (χ0v) is 17.0. The molecule has 2 aromatic carbocycles. The molecule has 0 aliphatic rings. The van der Waals surface area contributed by atoms with Crippen LogP contribution in [0.25, 0.3) is 10.8 Å². The topological polar surface area (TPSA) is 58.9 Å².